The maximum absolute atomic E-state index is 2.62. The van der Waals surface area contributed by atoms with Gasteiger partial charge in [0.05, 0.1) is 45.2 Å². The highest BCUT2D eigenvalue weighted by molar-refractivity contribution is 6.12. The number of fused-ring (bicyclic) bond motifs is 13. The second-order valence-corrected chi connectivity index (χ2v) is 27.7. The fraction of sp³-hybridized carbons (Fsp3) is 0.140. The summed E-state index contributed by atoms with van der Waals surface area (Å²) < 4.78 is 2.47. The van der Waals surface area contributed by atoms with Crippen LogP contribution in [0, 0.1) is 0 Å². The van der Waals surface area contributed by atoms with Crippen molar-refractivity contribution < 1.29 is 0 Å². The van der Waals surface area contributed by atoms with Crippen LogP contribution < -0.4 is 9.80 Å². The van der Waals surface area contributed by atoms with E-state index in [0.29, 0.717) is 0 Å². The lowest BCUT2D eigenvalue weighted by Gasteiger charge is -2.50. The van der Waals surface area contributed by atoms with Gasteiger partial charge in [-0.25, -0.2) is 0 Å². The summed E-state index contributed by atoms with van der Waals surface area (Å²) in [6.45, 7) is 19.6. The number of aromatic nitrogens is 1. The largest absolute Gasteiger partial charge is 0.309 e. The van der Waals surface area contributed by atoms with Crippen molar-refractivity contribution >= 4 is 77.5 Å². The highest BCUT2D eigenvalue weighted by Crippen LogP contribution is 2.64. The van der Waals surface area contributed by atoms with Crippen molar-refractivity contribution in [2.24, 2.45) is 0 Å². The Labute approximate surface area is 521 Å². The lowest BCUT2D eigenvalue weighted by Crippen LogP contribution is -2.38. The molecule has 426 valence electrons. The van der Waals surface area contributed by atoms with E-state index >= 15 is 0 Å². The van der Waals surface area contributed by atoms with Gasteiger partial charge in [0.2, 0.25) is 0 Å². The van der Waals surface area contributed by atoms with E-state index in [9.17, 15) is 0 Å². The molecule has 89 heavy (non-hydrogen) atoms. The van der Waals surface area contributed by atoms with Gasteiger partial charge in [0.25, 0.3) is 0 Å². The molecule has 0 saturated carbocycles. The van der Waals surface area contributed by atoms with Gasteiger partial charge in [-0.2, -0.15) is 0 Å². The maximum Gasteiger partial charge on any atom is 0.0544 e. The van der Waals surface area contributed by atoms with Crippen LogP contribution in [0.4, 0.5) is 34.1 Å². The molecule has 0 spiro atoms. The summed E-state index contributed by atoms with van der Waals surface area (Å²) >= 11 is 0. The Kier molecular flexibility index (Phi) is 10.6. The molecule has 0 N–H and O–H groups in total. The van der Waals surface area contributed by atoms with Gasteiger partial charge >= 0.3 is 0 Å². The average molecular weight is 1140 g/mol. The zero-order chi connectivity index (χ0) is 60.0. The number of benzene rings is 13. The minimum Gasteiger partial charge on any atom is -0.309 e. The van der Waals surface area contributed by atoms with Crippen LogP contribution in [-0.4, -0.2) is 4.57 Å². The first kappa shape index (κ1) is 52.0. The van der Waals surface area contributed by atoms with Gasteiger partial charge in [0, 0.05) is 38.1 Å². The smallest absolute Gasteiger partial charge is 0.0544 e. The van der Waals surface area contributed by atoms with Gasteiger partial charge in [0.15, 0.2) is 0 Å². The summed E-state index contributed by atoms with van der Waals surface area (Å²) in [6, 6.07) is 99.4. The van der Waals surface area contributed by atoms with E-state index in [1.165, 1.54) is 166 Å². The number of nitrogens with zero attached hydrogens (tertiary/aromatic N) is 3. The van der Waals surface area contributed by atoms with Crippen LogP contribution in [-0.2, 0) is 21.7 Å². The average Bonchev–Trinajstić information content (AvgIpc) is 1.32. The summed E-state index contributed by atoms with van der Waals surface area (Å²) in [5.41, 5.74) is 30.6. The van der Waals surface area contributed by atoms with Crippen LogP contribution in [0.2, 0.25) is 0 Å². The fourth-order valence-electron chi connectivity index (χ4n) is 16.7. The fourth-order valence-corrected chi connectivity index (χ4v) is 16.7. The van der Waals surface area contributed by atoms with Gasteiger partial charge in [-0.15, -0.1) is 0 Å². The number of para-hydroxylation sites is 3. The lowest BCUT2D eigenvalue weighted by atomic mass is 9.65. The third kappa shape index (κ3) is 7.16. The highest BCUT2D eigenvalue weighted by Gasteiger charge is 2.48. The molecule has 0 fully saturated rings. The molecule has 0 radical (unpaired) electrons. The SMILES string of the molecule is CC1(C)c2ccccc2N2c3ccccc3C(C)(C)c3cc(-c4ccc5c(c4)c4cc(-c6cc7c8c(c6)C(C)(C)c6cc(-c9cccc%10ccccc9%10)ccc6N8c6ccc(-c8cccc9ccccc89)cc6C7(C)C)ccc4n5-c4ccccc4)cc1c32. The third-order valence-corrected chi connectivity index (χ3v) is 21.5. The molecule has 3 nitrogen and oxygen atoms in total. The predicted octanol–water partition coefficient (Wildman–Crippen LogP) is 23.3. The first-order valence-corrected chi connectivity index (χ1v) is 31.7. The number of hydrogen-bond donors (Lipinski definition) is 0. The van der Waals surface area contributed by atoms with Gasteiger partial charge in [-0.3, -0.25) is 0 Å². The lowest BCUT2D eigenvalue weighted by molar-refractivity contribution is 0.597. The van der Waals surface area contributed by atoms with Crippen molar-refractivity contribution in [3.63, 3.8) is 0 Å². The molecular formula is C86H67N3. The molecule has 14 aromatic rings. The van der Waals surface area contributed by atoms with Crippen LogP contribution >= 0.6 is 0 Å². The van der Waals surface area contributed by atoms with E-state index in [1.54, 1.807) is 0 Å². The van der Waals surface area contributed by atoms with Crippen LogP contribution in [0.25, 0.3) is 93.5 Å². The van der Waals surface area contributed by atoms with E-state index in [-0.39, 0.29) is 21.7 Å². The van der Waals surface area contributed by atoms with E-state index in [0.717, 1.165) is 5.69 Å². The number of hydrogen-bond acceptors (Lipinski definition) is 2. The minimum absolute atomic E-state index is 0.242. The first-order chi connectivity index (χ1) is 43.2. The van der Waals surface area contributed by atoms with Crippen LogP contribution in [0.15, 0.2) is 261 Å². The minimum atomic E-state index is -0.371. The molecule has 4 aliphatic rings. The third-order valence-electron chi connectivity index (χ3n) is 21.5. The molecule has 13 aromatic carbocycles. The van der Waals surface area contributed by atoms with Crippen molar-refractivity contribution in [1.82, 2.24) is 4.57 Å². The Morgan fingerprint density at radius 3 is 1.03 bits per heavy atom. The Bertz CT molecular complexity index is 5140. The van der Waals surface area contributed by atoms with Crippen LogP contribution in [0.5, 0.6) is 0 Å². The topological polar surface area (TPSA) is 11.4 Å². The van der Waals surface area contributed by atoms with Crippen molar-refractivity contribution in [2.45, 2.75) is 77.0 Å². The molecule has 0 saturated heterocycles. The zero-order valence-corrected chi connectivity index (χ0v) is 51.7. The normalized spacial score (nSPS) is 15.7. The van der Waals surface area contributed by atoms with E-state index in [4.69, 9.17) is 0 Å². The highest BCUT2D eigenvalue weighted by atomic mass is 15.2. The summed E-state index contributed by atoms with van der Waals surface area (Å²) in [4.78, 5) is 5.19. The second-order valence-electron chi connectivity index (χ2n) is 27.7. The zero-order valence-electron chi connectivity index (χ0n) is 51.7. The van der Waals surface area contributed by atoms with E-state index in [2.05, 4.69) is 331 Å². The van der Waals surface area contributed by atoms with Crippen LogP contribution in [0.1, 0.15) is 99.9 Å². The maximum atomic E-state index is 2.62. The monoisotopic (exact) mass is 1140 g/mol. The number of rotatable bonds is 5. The molecule has 3 heteroatoms. The Balaban J connectivity index is 0.854. The molecule has 5 heterocycles. The van der Waals surface area contributed by atoms with Crippen molar-refractivity contribution in [3.8, 4) is 50.2 Å². The van der Waals surface area contributed by atoms with Crippen molar-refractivity contribution in [3.05, 3.63) is 305 Å². The molecule has 0 unspecified atom stereocenters. The second kappa shape index (κ2) is 18.2. The molecule has 0 amide bonds. The van der Waals surface area contributed by atoms with Crippen LogP contribution in [0.3, 0.4) is 0 Å². The van der Waals surface area contributed by atoms with Gasteiger partial charge in [0.1, 0.15) is 0 Å². The predicted molar refractivity (Wildman–Crippen MR) is 375 cm³/mol. The molecule has 0 bridgehead atoms. The molecule has 18 rings (SSSR count). The van der Waals surface area contributed by atoms with E-state index < -0.39 is 0 Å². The number of anilines is 6. The quantitative estimate of drug-likeness (QED) is 0.170. The molecule has 1 aromatic heterocycles. The van der Waals surface area contributed by atoms with Gasteiger partial charge in [-0.1, -0.05) is 219 Å². The first-order valence-electron chi connectivity index (χ1n) is 31.7. The molecule has 0 aliphatic carbocycles. The van der Waals surface area contributed by atoms with Gasteiger partial charge in [-0.05, 0) is 208 Å². The summed E-state index contributed by atoms with van der Waals surface area (Å²) in [7, 11) is 0. The standard InChI is InChI=1S/C86H67N3/c1-83(2)67-32-16-18-34-77(67)88-78-35-19-17-33-68(78)84(3,4)72-49-58(48-71(83)81(72)88)54-36-40-75-65(44-54)66-45-55(37-41-76(66)87(75)60-26-10-9-11-27-60)59-50-73-82-74(51-59)86(7,8)70-47-57(64-31-21-25-53-23-13-15-29-62(53)64)39-43-80(70)89(82)79-42-38-56(46-69(79)85(73,5)6)63-30-20-24-52-22-12-14-28-61(52)63/h9-51H,1-8H3. The molecular weight excluding hydrogens is 1070 g/mol. The van der Waals surface area contributed by atoms with Gasteiger partial charge < -0.3 is 14.4 Å². The Hall–Kier alpha value is -10.2. The molecule has 4 aliphatic heterocycles. The summed E-state index contributed by atoms with van der Waals surface area (Å²) in [6.07, 6.45) is 0. The summed E-state index contributed by atoms with van der Waals surface area (Å²) in [5, 5.41) is 7.51. The Morgan fingerprint density at radius 2 is 0.584 bits per heavy atom. The van der Waals surface area contributed by atoms with E-state index in [1.807, 2.05) is 0 Å². The summed E-state index contributed by atoms with van der Waals surface area (Å²) in [5.74, 6) is 0. The Morgan fingerprint density at radius 1 is 0.236 bits per heavy atom. The van der Waals surface area contributed by atoms with Crippen molar-refractivity contribution in [2.75, 3.05) is 9.80 Å². The van der Waals surface area contributed by atoms with Crippen molar-refractivity contribution in [1.29, 1.82) is 0 Å². The molecule has 0 atom stereocenters.